The molecule has 3 rings (SSSR count). The first kappa shape index (κ1) is 18.0. The van der Waals surface area contributed by atoms with Gasteiger partial charge in [-0.25, -0.2) is 0 Å². The number of carbonyl (C=O) groups excluding carboxylic acids is 1. The second kappa shape index (κ2) is 8.03. The van der Waals surface area contributed by atoms with Gasteiger partial charge in [-0.1, -0.05) is 35.3 Å². The molecule has 1 aromatic heterocycles. The van der Waals surface area contributed by atoms with Crippen molar-refractivity contribution in [1.82, 2.24) is 10.2 Å². The molecule has 0 aliphatic heterocycles. The number of methoxy groups -OCH3 is 1. The summed E-state index contributed by atoms with van der Waals surface area (Å²) in [5.74, 6) is 1.16. The number of hydrogen-bond donors (Lipinski definition) is 2. The lowest BCUT2D eigenvalue weighted by Gasteiger charge is -2.10. The van der Waals surface area contributed by atoms with E-state index in [4.69, 9.17) is 27.9 Å². The Morgan fingerprint density at radius 2 is 1.69 bits per heavy atom. The highest BCUT2D eigenvalue weighted by Crippen LogP contribution is 2.26. The summed E-state index contributed by atoms with van der Waals surface area (Å²) in [6.07, 6.45) is 0. The number of rotatable bonds is 5. The Kier molecular flexibility index (Phi) is 5.55. The fourth-order valence-corrected chi connectivity index (χ4v) is 2.48. The topological polar surface area (TPSA) is 76.1 Å². The molecule has 0 spiro atoms. The van der Waals surface area contributed by atoms with Crippen LogP contribution in [0.4, 0.5) is 17.3 Å². The largest absolute Gasteiger partial charge is 0.495 e. The predicted octanol–water partition coefficient (Wildman–Crippen LogP) is 4.79. The van der Waals surface area contributed by atoms with Gasteiger partial charge < -0.3 is 15.4 Å². The van der Waals surface area contributed by atoms with Crippen LogP contribution in [0.2, 0.25) is 10.0 Å². The highest BCUT2D eigenvalue weighted by atomic mass is 35.5. The van der Waals surface area contributed by atoms with Gasteiger partial charge in [0.2, 0.25) is 0 Å². The Balaban J connectivity index is 1.69. The van der Waals surface area contributed by atoms with E-state index in [9.17, 15) is 4.79 Å². The molecule has 0 unspecified atom stereocenters. The van der Waals surface area contributed by atoms with E-state index in [2.05, 4.69) is 20.8 Å². The first-order chi connectivity index (χ1) is 12.6. The van der Waals surface area contributed by atoms with Crippen molar-refractivity contribution in [3.63, 3.8) is 0 Å². The van der Waals surface area contributed by atoms with Crippen molar-refractivity contribution in [3.8, 4) is 5.75 Å². The Hall–Kier alpha value is -2.83. The Labute approximate surface area is 160 Å². The van der Waals surface area contributed by atoms with Crippen LogP contribution in [0, 0.1) is 0 Å². The molecule has 1 heterocycles. The molecular weight excluding hydrogens is 375 g/mol. The lowest BCUT2D eigenvalue weighted by molar-refractivity contribution is 0.102. The van der Waals surface area contributed by atoms with Crippen LogP contribution < -0.4 is 15.4 Å². The summed E-state index contributed by atoms with van der Waals surface area (Å²) in [6, 6.07) is 15.4. The molecule has 0 bridgehead atoms. The van der Waals surface area contributed by atoms with E-state index in [1.165, 1.54) is 6.07 Å². The number of hydrogen-bond acceptors (Lipinski definition) is 5. The Morgan fingerprint density at radius 3 is 2.38 bits per heavy atom. The molecule has 0 radical (unpaired) electrons. The minimum absolute atomic E-state index is 0.307. The molecule has 2 N–H and O–H groups in total. The van der Waals surface area contributed by atoms with Gasteiger partial charge in [-0.3, -0.25) is 4.79 Å². The molecule has 0 fully saturated rings. The molecule has 0 saturated carbocycles. The average Bonchev–Trinajstić information content (AvgIpc) is 2.66. The third-order valence-electron chi connectivity index (χ3n) is 3.46. The number of halogens is 2. The minimum atomic E-state index is -0.358. The number of benzene rings is 2. The molecule has 8 heteroatoms. The fraction of sp³-hybridized carbons (Fsp3) is 0.0556. The Bertz CT molecular complexity index is 933. The summed E-state index contributed by atoms with van der Waals surface area (Å²) in [5, 5.41) is 14.5. The number of nitrogens with zero attached hydrogens (tertiary/aromatic N) is 2. The first-order valence-electron chi connectivity index (χ1n) is 7.57. The van der Waals surface area contributed by atoms with Crippen LogP contribution in [0.25, 0.3) is 0 Å². The van der Waals surface area contributed by atoms with E-state index in [0.717, 1.165) is 5.69 Å². The number of nitrogens with one attached hydrogen (secondary N) is 2. The number of anilines is 3. The van der Waals surface area contributed by atoms with E-state index in [-0.39, 0.29) is 5.91 Å². The molecule has 1 amide bonds. The maximum atomic E-state index is 12.2. The van der Waals surface area contributed by atoms with Gasteiger partial charge in [0.15, 0.2) is 11.6 Å². The highest BCUT2D eigenvalue weighted by molar-refractivity contribution is 6.42. The van der Waals surface area contributed by atoms with E-state index in [0.29, 0.717) is 33.0 Å². The van der Waals surface area contributed by atoms with Crippen molar-refractivity contribution >= 4 is 46.4 Å². The maximum Gasteiger partial charge on any atom is 0.256 e. The monoisotopic (exact) mass is 388 g/mol. The van der Waals surface area contributed by atoms with Crippen molar-refractivity contribution in [3.05, 3.63) is 70.2 Å². The zero-order valence-electron chi connectivity index (χ0n) is 13.7. The third-order valence-corrected chi connectivity index (χ3v) is 4.20. The summed E-state index contributed by atoms with van der Waals surface area (Å²) in [4.78, 5) is 12.2. The smallest absolute Gasteiger partial charge is 0.256 e. The van der Waals surface area contributed by atoms with Gasteiger partial charge in [0, 0.05) is 5.56 Å². The highest BCUT2D eigenvalue weighted by Gasteiger charge is 2.10. The van der Waals surface area contributed by atoms with E-state index in [1.807, 2.05) is 24.3 Å². The van der Waals surface area contributed by atoms with Crippen LogP contribution in [0.1, 0.15) is 10.4 Å². The molecule has 132 valence electrons. The minimum Gasteiger partial charge on any atom is -0.495 e. The van der Waals surface area contributed by atoms with Crippen molar-refractivity contribution < 1.29 is 9.53 Å². The Morgan fingerprint density at radius 1 is 0.962 bits per heavy atom. The zero-order chi connectivity index (χ0) is 18.5. The normalized spacial score (nSPS) is 10.3. The molecular formula is C18H14Cl2N4O2. The molecule has 26 heavy (non-hydrogen) atoms. The van der Waals surface area contributed by atoms with Crippen LogP contribution in [0.3, 0.4) is 0 Å². The van der Waals surface area contributed by atoms with Crippen LogP contribution in [-0.4, -0.2) is 23.2 Å². The van der Waals surface area contributed by atoms with E-state index in [1.54, 1.807) is 31.4 Å². The molecule has 0 atom stereocenters. The van der Waals surface area contributed by atoms with E-state index >= 15 is 0 Å². The summed E-state index contributed by atoms with van der Waals surface area (Å²) >= 11 is 11.8. The molecule has 3 aromatic rings. The lowest BCUT2D eigenvalue weighted by Crippen LogP contribution is -2.13. The van der Waals surface area contributed by atoms with Gasteiger partial charge >= 0.3 is 0 Å². The number of aromatic nitrogens is 2. The van der Waals surface area contributed by atoms with Crippen molar-refractivity contribution in [2.45, 2.75) is 0 Å². The SMILES string of the molecule is COc1ccccc1Nc1ccc(NC(=O)c2ccc(Cl)c(Cl)c2)nn1. The third kappa shape index (κ3) is 4.22. The number of amides is 1. The summed E-state index contributed by atoms with van der Waals surface area (Å²) in [5.41, 5.74) is 1.13. The summed E-state index contributed by atoms with van der Waals surface area (Å²) in [6.45, 7) is 0. The predicted molar refractivity (Wildman–Crippen MR) is 103 cm³/mol. The van der Waals surface area contributed by atoms with Crippen molar-refractivity contribution in [1.29, 1.82) is 0 Å². The standard InChI is InChI=1S/C18H14Cl2N4O2/c1-26-15-5-3-2-4-14(15)21-16-8-9-17(24-23-16)22-18(25)11-6-7-12(19)13(20)10-11/h2-10H,1H3,(H,21,23)(H,22,24,25). The van der Waals surface area contributed by atoms with Gasteiger partial charge in [-0.2, -0.15) is 0 Å². The van der Waals surface area contributed by atoms with Crippen LogP contribution in [0.15, 0.2) is 54.6 Å². The van der Waals surface area contributed by atoms with Gasteiger partial charge in [0.25, 0.3) is 5.91 Å². The van der Waals surface area contributed by atoms with Gasteiger partial charge in [-0.05, 0) is 42.5 Å². The van der Waals surface area contributed by atoms with Crippen molar-refractivity contribution in [2.75, 3.05) is 17.7 Å². The van der Waals surface area contributed by atoms with Crippen LogP contribution in [0.5, 0.6) is 5.75 Å². The van der Waals surface area contributed by atoms with Gasteiger partial charge in [-0.15, -0.1) is 10.2 Å². The summed E-state index contributed by atoms with van der Waals surface area (Å²) < 4.78 is 5.27. The van der Waals surface area contributed by atoms with Gasteiger partial charge in [0.05, 0.1) is 22.8 Å². The number of ether oxygens (including phenoxy) is 1. The maximum absolute atomic E-state index is 12.2. The average molecular weight is 389 g/mol. The zero-order valence-corrected chi connectivity index (χ0v) is 15.2. The molecule has 2 aromatic carbocycles. The van der Waals surface area contributed by atoms with Crippen molar-refractivity contribution in [2.24, 2.45) is 0 Å². The van der Waals surface area contributed by atoms with Gasteiger partial charge in [0.1, 0.15) is 5.75 Å². The first-order valence-corrected chi connectivity index (χ1v) is 8.32. The van der Waals surface area contributed by atoms with Crippen LogP contribution >= 0.6 is 23.2 Å². The second-order valence-electron chi connectivity index (χ2n) is 5.21. The second-order valence-corrected chi connectivity index (χ2v) is 6.03. The van der Waals surface area contributed by atoms with E-state index < -0.39 is 0 Å². The fourth-order valence-electron chi connectivity index (χ4n) is 2.18. The molecule has 0 aliphatic rings. The molecule has 0 aliphatic carbocycles. The number of carbonyl (C=O) groups is 1. The lowest BCUT2D eigenvalue weighted by atomic mass is 10.2. The summed E-state index contributed by atoms with van der Waals surface area (Å²) in [7, 11) is 1.59. The molecule has 0 saturated heterocycles. The molecule has 6 nitrogen and oxygen atoms in total. The van der Waals surface area contributed by atoms with Crippen LogP contribution in [-0.2, 0) is 0 Å². The number of para-hydroxylation sites is 2. The quantitative estimate of drug-likeness (QED) is 0.656.